The SMILES string of the molecule is Cc1ccc2c(c1)CC(CN1CCC(N)C(C)C1)O2. The van der Waals surface area contributed by atoms with Crippen molar-refractivity contribution in [1.82, 2.24) is 4.90 Å². The van der Waals surface area contributed by atoms with E-state index in [9.17, 15) is 0 Å². The monoisotopic (exact) mass is 260 g/mol. The normalized spacial score (nSPS) is 31.0. The van der Waals surface area contributed by atoms with Crippen molar-refractivity contribution in [3.05, 3.63) is 29.3 Å². The molecule has 1 fully saturated rings. The fraction of sp³-hybridized carbons (Fsp3) is 0.625. The first-order valence-corrected chi connectivity index (χ1v) is 7.36. The first-order chi connectivity index (χ1) is 9.11. The molecule has 0 aliphatic carbocycles. The molecule has 2 aliphatic heterocycles. The van der Waals surface area contributed by atoms with Crippen LogP contribution in [0.2, 0.25) is 0 Å². The van der Waals surface area contributed by atoms with Crippen LogP contribution < -0.4 is 10.5 Å². The van der Waals surface area contributed by atoms with E-state index in [2.05, 4.69) is 36.9 Å². The van der Waals surface area contributed by atoms with Gasteiger partial charge in [0.15, 0.2) is 0 Å². The van der Waals surface area contributed by atoms with Gasteiger partial charge in [-0.05, 0) is 37.4 Å². The molecule has 0 radical (unpaired) electrons. The molecular formula is C16H24N2O. The van der Waals surface area contributed by atoms with Crippen LogP contribution in [0, 0.1) is 12.8 Å². The summed E-state index contributed by atoms with van der Waals surface area (Å²) in [6, 6.07) is 6.87. The Kier molecular flexibility index (Phi) is 3.50. The van der Waals surface area contributed by atoms with E-state index in [-0.39, 0.29) is 0 Å². The van der Waals surface area contributed by atoms with Gasteiger partial charge in [-0.25, -0.2) is 0 Å². The maximum Gasteiger partial charge on any atom is 0.123 e. The van der Waals surface area contributed by atoms with E-state index < -0.39 is 0 Å². The average Bonchev–Trinajstić information content (AvgIpc) is 2.75. The van der Waals surface area contributed by atoms with Crippen molar-refractivity contribution in [2.24, 2.45) is 11.7 Å². The second kappa shape index (κ2) is 5.14. The first-order valence-electron chi connectivity index (χ1n) is 7.36. The maximum atomic E-state index is 6.08. The Morgan fingerprint density at radius 2 is 2.26 bits per heavy atom. The Balaban J connectivity index is 1.59. The molecule has 3 unspecified atom stereocenters. The zero-order valence-electron chi connectivity index (χ0n) is 11.9. The minimum absolute atomic E-state index is 0.318. The van der Waals surface area contributed by atoms with Crippen LogP contribution in [0.15, 0.2) is 18.2 Å². The number of piperidine rings is 1. The minimum Gasteiger partial charge on any atom is -0.488 e. The van der Waals surface area contributed by atoms with Gasteiger partial charge in [0.25, 0.3) is 0 Å². The van der Waals surface area contributed by atoms with Gasteiger partial charge in [-0.1, -0.05) is 24.6 Å². The zero-order chi connectivity index (χ0) is 13.4. The number of likely N-dealkylation sites (tertiary alicyclic amines) is 1. The predicted molar refractivity (Wildman–Crippen MR) is 77.5 cm³/mol. The highest BCUT2D eigenvalue weighted by Gasteiger charge is 2.28. The summed E-state index contributed by atoms with van der Waals surface area (Å²) >= 11 is 0. The standard InChI is InChI=1S/C16H24N2O/c1-11-3-4-16-13(7-11)8-14(19-16)10-18-6-5-15(17)12(2)9-18/h3-4,7,12,14-15H,5-6,8-10,17H2,1-2H3. The number of rotatable bonds is 2. The van der Waals surface area contributed by atoms with Gasteiger partial charge in [-0.15, -0.1) is 0 Å². The van der Waals surface area contributed by atoms with Crippen LogP contribution in [0.5, 0.6) is 5.75 Å². The van der Waals surface area contributed by atoms with Gasteiger partial charge in [-0.2, -0.15) is 0 Å². The van der Waals surface area contributed by atoms with Crippen molar-refractivity contribution in [2.75, 3.05) is 19.6 Å². The molecule has 0 bridgehead atoms. The highest BCUT2D eigenvalue weighted by molar-refractivity contribution is 5.40. The summed E-state index contributed by atoms with van der Waals surface area (Å²) < 4.78 is 6.05. The molecule has 0 spiro atoms. The summed E-state index contributed by atoms with van der Waals surface area (Å²) in [7, 11) is 0. The number of nitrogens with two attached hydrogens (primary N) is 1. The van der Waals surface area contributed by atoms with E-state index in [1.165, 1.54) is 11.1 Å². The third-order valence-electron chi connectivity index (χ3n) is 4.47. The number of ether oxygens (including phenoxy) is 1. The van der Waals surface area contributed by atoms with Gasteiger partial charge in [0, 0.05) is 25.6 Å². The van der Waals surface area contributed by atoms with E-state index in [0.717, 1.165) is 38.2 Å². The quantitative estimate of drug-likeness (QED) is 0.883. The molecule has 2 N–H and O–H groups in total. The Bertz CT molecular complexity index is 460. The van der Waals surface area contributed by atoms with Gasteiger partial charge >= 0.3 is 0 Å². The molecule has 19 heavy (non-hydrogen) atoms. The van der Waals surface area contributed by atoms with Crippen molar-refractivity contribution in [3.63, 3.8) is 0 Å². The van der Waals surface area contributed by atoms with Gasteiger partial charge in [-0.3, -0.25) is 4.90 Å². The summed E-state index contributed by atoms with van der Waals surface area (Å²) in [5, 5.41) is 0. The van der Waals surface area contributed by atoms with Crippen molar-refractivity contribution in [2.45, 2.75) is 38.8 Å². The third kappa shape index (κ3) is 2.77. The zero-order valence-corrected chi connectivity index (χ0v) is 11.9. The first kappa shape index (κ1) is 12.9. The fourth-order valence-electron chi connectivity index (χ4n) is 3.25. The largest absolute Gasteiger partial charge is 0.488 e. The minimum atomic E-state index is 0.318. The second-order valence-corrected chi connectivity index (χ2v) is 6.24. The van der Waals surface area contributed by atoms with Gasteiger partial charge in [0.1, 0.15) is 11.9 Å². The highest BCUT2D eigenvalue weighted by atomic mass is 16.5. The smallest absolute Gasteiger partial charge is 0.123 e. The van der Waals surface area contributed by atoms with Crippen molar-refractivity contribution in [1.29, 1.82) is 0 Å². The number of nitrogens with zero attached hydrogens (tertiary/aromatic N) is 1. The van der Waals surface area contributed by atoms with E-state index in [4.69, 9.17) is 10.5 Å². The second-order valence-electron chi connectivity index (χ2n) is 6.24. The topological polar surface area (TPSA) is 38.5 Å². The highest BCUT2D eigenvalue weighted by Crippen LogP contribution is 2.30. The summed E-state index contributed by atoms with van der Waals surface area (Å²) in [5.41, 5.74) is 8.76. The van der Waals surface area contributed by atoms with Crippen molar-refractivity contribution < 1.29 is 4.74 Å². The lowest BCUT2D eigenvalue weighted by molar-refractivity contribution is 0.106. The van der Waals surface area contributed by atoms with Gasteiger partial charge in [0.2, 0.25) is 0 Å². The van der Waals surface area contributed by atoms with Crippen LogP contribution >= 0.6 is 0 Å². The number of hydrogen-bond donors (Lipinski definition) is 1. The Morgan fingerprint density at radius 1 is 1.42 bits per heavy atom. The predicted octanol–water partition coefficient (Wildman–Crippen LogP) is 1.97. The fourth-order valence-corrected chi connectivity index (χ4v) is 3.25. The summed E-state index contributed by atoms with van der Waals surface area (Å²) in [6.45, 7) is 7.65. The maximum absolute atomic E-state index is 6.08. The molecule has 2 aliphatic rings. The Hall–Kier alpha value is -1.06. The molecule has 1 aromatic rings. The van der Waals surface area contributed by atoms with Crippen LogP contribution in [0.25, 0.3) is 0 Å². The number of fused-ring (bicyclic) bond motifs is 1. The molecule has 104 valence electrons. The number of benzene rings is 1. The van der Waals surface area contributed by atoms with Crippen LogP contribution in [0.3, 0.4) is 0 Å². The van der Waals surface area contributed by atoms with E-state index in [0.29, 0.717) is 18.1 Å². The average molecular weight is 260 g/mol. The number of hydrogen-bond acceptors (Lipinski definition) is 3. The third-order valence-corrected chi connectivity index (χ3v) is 4.47. The van der Waals surface area contributed by atoms with E-state index in [1.54, 1.807) is 0 Å². The summed E-state index contributed by atoms with van der Waals surface area (Å²) in [6.07, 6.45) is 2.48. The van der Waals surface area contributed by atoms with Crippen molar-refractivity contribution in [3.8, 4) is 5.75 Å². The van der Waals surface area contributed by atoms with Crippen LogP contribution in [0.4, 0.5) is 0 Å². The van der Waals surface area contributed by atoms with Crippen LogP contribution in [-0.2, 0) is 6.42 Å². The van der Waals surface area contributed by atoms with Gasteiger partial charge in [0.05, 0.1) is 0 Å². The Labute approximate surface area is 115 Å². The van der Waals surface area contributed by atoms with E-state index >= 15 is 0 Å². The Morgan fingerprint density at radius 3 is 3.05 bits per heavy atom. The lowest BCUT2D eigenvalue weighted by Gasteiger charge is -2.36. The lowest BCUT2D eigenvalue weighted by Crippen LogP contribution is -2.48. The molecule has 1 aromatic carbocycles. The van der Waals surface area contributed by atoms with Crippen molar-refractivity contribution >= 4 is 0 Å². The molecule has 3 rings (SSSR count). The molecule has 0 saturated carbocycles. The van der Waals surface area contributed by atoms with Crippen LogP contribution in [-0.4, -0.2) is 36.7 Å². The summed E-state index contributed by atoms with van der Waals surface area (Å²) in [4.78, 5) is 2.51. The molecule has 0 amide bonds. The van der Waals surface area contributed by atoms with E-state index in [1.807, 2.05) is 0 Å². The lowest BCUT2D eigenvalue weighted by atomic mass is 9.94. The summed E-state index contributed by atoms with van der Waals surface area (Å²) in [5.74, 6) is 1.68. The van der Waals surface area contributed by atoms with Gasteiger partial charge < -0.3 is 10.5 Å². The molecular weight excluding hydrogens is 236 g/mol. The molecule has 2 heterocycles. The molecule has 3 nitrogen and oxygen atoms in total. The molecule has 0 aromatic heterocycles. The molecule has 3 heteroatoms. The molecule has 1 saturated heterocycles. The molecule has 3 atom stereocenters. The number of aryl methyl sites for hydroxylation is 1. The van der Waals surface area contributed by atoms with Crippen LogP contribution in [0.1, 0.15) is 24.5 Å².